The van der Waals surface area contributed by atoms with Crippen LogP contribution in [0.15, 0.2) is 34.0 Å². The molecular formula is C27H32BrN5O10. The van der Waals surface area contributed by atoms with Crippen LogP contribution >= 0.6 is 15.9 Å². The Hall–Kier alpha value is -4.18. The van der Waals surface area contributed by atoms with E-state index in [1.54, 1.807) is 18.3 Å². The zero-order chi connectivity index (χ0) is 31.8. The Morgan fingerprint density at radius 2 is 1.30 bits per heavy atom. The molecule has 0 saturated carbocycles. The average Bonchev–Trinajstić information content (AvgIpc) is 3.52. The summed E-state index contributed by atoms with van der Waals surface area (Å²) in [5, 5.41) is 3.04. The number of guanidine groups is 1. The smallest absolute Gasteiger partial charge is 0.347 e. The molecule has 2 aromatic rings. The Balaban J connectivity index is 1.63. The Labute approximate surface area is 255 Å². The SMILES string of the molecule is CO[C@@H](C)C(=O)O[C@@H](C)C(=O)O[C@@H](C)C(=O)O[C@@H](C)C(=O)O[C@@H](C)C(=O)N(C1=NCCN1)c1ccc2nccnc2c1Br. The van der Waals surface area contributed by atoms with Crippen LogP contribution in [0.2, 0.25) is 0 Å². The van der Waals surface area contributed by atoms with Gasteiger partial charge in [-0.05, 0) is 62.7 Å². The Morgan fingerprint density at radius 1 is 0.791 bits per heavy atom. The van der Waals surface area contributed by atoms with Crippen molar-refractivity contribution < 1.29 is 47.7 Å². The van der Waals surface area contributed by atoms with Gasteiger partial charge in [0.25, 0.3) is 5.91 Å². The summed E-state index contributed by atoms with van der Waals surface area (Å²) in [6.45, 7) is 7.45. The highest BCUT2D eigenvalue weighted by molar-refractivity contribution is 9.10. The number of hydrogen-bond donors (Lipinski definition) is 1. The maximum absolute atomic E-state index is 13.6. The second kappa shape index (κ2) is 14.8. The average molecular weight is 666 g/mol. The van der Waals surface area contributed by atoms with Crippen molar-refractivity contribution in [3.05, 3.63) is 29.0 Å². The standard InChI is InChI=1S/C27H32BrN5O10/c1-13(22(34)33(27-31-11-12-32-27)19-8-7-18-21(20(19)28)30-10-9-29-18)40-24(36)15(3)42-26(38)17(5)43-25(37)16(4)41-23(35)14(2)39-6/h7-10,13-17H,11-12H2,1-6H3,(H,31,32)/t13-,14-,15-,16-,17-/m0/s1. The van der Waals surface area contributed by atoms with E-state index in [1.807, 2.05) is 0 Å². The number of nitrogens with zero attached hydrogens (tertiary/aromatic N) is 4. The Kier molecular flexibility index (Phi) is 11.5. The molecule has 3 rings (SSSR count). The summed E-state index contributed by atoms with van der Waals surface area (Å²) in [4.78, 5) is 77.0. The molecule has 0 unspecified atom stereocenters. The fraction of sp³-hybridized carbons (Fsp3) is 0.481. The molecular weight excluding hydrogens is 634 g/mol. The third-order valence-corrected chi connectivity index (χ3v) is 6.87. The number of carbonyl (C=O) groups excluding carboxylic acids is 5. The molecule has 1 N–H and O–H groups in total. The van der Waals surface area contributed by atoms with E-state index in [4.69, 9.17) is 23.7 Å². The van der Waals surface area contributed by atoms with Crippen LogP contribution in [0.4, 0.5) is 5.69 Å². The zero-order valence-electron chi connectivity index (χ0n) is 24.4. The molecule has 43 heavy (non-hydrogen) atoms. The molecule has 1 aromatic heterocycles. The summed E-state index contributed by atoms with van der Waals surface area (Å²) in [6.07, 6.45) is -3.41. The van der Waals surface area contributed by atoms with E-state index in [2.05, 4.69) is 36.2 Å². The van der Waals surface area contributed by atoms with E-state index >= 15 is 0 Å². The number of hydrogen-bond acceptors (Lipinski definition) is 14. The molecule has 0 saturated heterocycles. The molecule has 0 radical (unpaired) electrons. The molecule has 5 atom stereocenters. The number of anilines is 1. The molecule has 1 aliphatic heterocycles. The summed E-state index contributed by atoms with van der Waals surface area (Å²) < 4.78 is 25.6. The Morgan fingerprint density at radius 3 is 1.81 bits per heavy atom. The summed E-state index contributed by atoms with van der Waals surface area (Å²) in [5.41, 5.74) is 1.49. The van der Waals surface area contributed by atoms with Gasteiger partial charge in [-0.1, -0.05) is 0 Å². The lowest BCUT2D eigenvalue weighted by atomic mass is 10.2. The molecule has 0 fully saturated rings. The molecule has 16 heteroatoms. The molecule has 232 valence electrons. The molecule has 0 spiro atoms. The van der Waals surface area contributed by atoms with E-state index in [0.29, 0.717) is 34.3 Å². The fourth-order valence-corrected chi connectivity index (χ4v) is 4.21. The minimum absolute atomic E-state index is 0.253. The molecule has 0 bridgehead atoms. The van der Waals surface area contributed by atoms with Crippen LogP contribution in [-0.4, -0.2) is 96.4 Å². The van der Waals surface area contributed by atoms with Crippen molar-refractivity contribution in [1.82, 2.24) is 15.3 Å². The van der Waals surface area contributed by atoms with Gasteiger partial charge < -0.3 is 29.0 Å². The van der Waals surface area contributed by atoms with Gasteiger partial charge in [0, 0.05) is 26.0 Å². The predicted octanol–water partition coefficient (Wildman–Crippen LogP) is 1.45. The first-order valence-electron chi connectivity index (χ1n) is 13.2. The first kappa shape index (κ1) is 33.3. The highest BCUT2D eigenvalue weighted by Crippen LogP contribution is 2.33. The van der Waals surface area contributed by atoms with Crippen molar-refractivity contribution in [3.8, 4) is 0 Å². The number of carbonyl (C=O) groups is 5. The highest BCUT2D eigenvalue weighted by Gasteiger charge is 2.34. The van der Waals surface area contributed by atoms with E-state index in [0.717, 1.165) is 0 Å². The normalized spacial score (nSPS) is 16.0. The number of rotatable bonds is 11. The molecule has 1 amide bonds. The zero-order valence-corrected chi connectivity index (χ0v) is 25.9. The third-order valence-electron chi connectivity index (χ3n) is 6.09. The maximum atomic E-state index is 13.6. The largest absolute Gasteiger partial charge is 0.450 e. The minimum atomic E-state index is -1.46. The summed E-state index contributed by atoms with van der Waals surface area (Å²) in [6, 6.07) is 3.35. The van der Waals surface area contributed by atoms with Crippen LogP contribution in [0.5, 0.6) is 0 Å². The molecule has 1 aromatic carbocycles. The predicted molar refractivity (Wildman–Crippen MR) is 154 cm³/mol. The minimum Gasteiger partial charge on any atom is -0.450 e. The summed E-state index contributed by atoms with van der Waals surface area (Å²) in [7, 11) is 1.30. The number of aromatic nitrogens is 2. The maximum Gasteiger partial charge on any atom is 0.347 e. The first-order valence-corrected chi connectivity index (χ1v) is 14.0. The number of aliphatic imine (C=N–C) groups is 1. The lowest BCUT2D eigenvalue weighted by Gasteiger charge is -2.27. The number of benzene rings is 1. The quantitative estimate of drug-likeness (QED) is 0.269. The van der Waals surface area contributed by atoms with E-state index in [1.165, 1.54) is 52.8 Å². The van der Waals surface area contributed by atoms with Crippen molar-refractivity contribution in [1.29, 1.82) is 0 Å². The topological polar surface area (TPSA) is 185 Å². The van der Waals surface area contributed by atoms with Crippen LogP contribution in [0.1, 0.15) is 34.6 Å². The van der Waals surface area contributed by atoms with Gasteiger partial charge in [0.15, 0.2) is 30.5 Å². The van der Waals surface area contributed by atoms with Gasteiger partial charge in [0.2, 0.25) is 5.96 Å². The number of ether oxygens (including phenoxy) is 5. The molecule has 15 nitrogen and oxygen atoms in total. The van der Waals surface area contributed by atoms with Crippen LogP contribution in [0, 0.1) is 0 Å². The van der Waals surface area contributed by atoms with Gasteiger partial charge in [-0.2, -0.15) is 0 Å². The summed E-state index contributed by atoms with van der Waals surface area (Å²) >= 11 is 3.50. The van der Waals surface area contributed by atoms with Gasteiger partial charge in [-0.15, -0.1) is 0 Å². The van der Waals surface area contributed by atoms with E-state index < -0.39 is 60.3 Å². The van der Waals surface area contributed by atoms with Crippen LogP contribution < -0.4 is 10.2 Å². The van der Waals surface area contributed by atoms with Gasteiger partial charge >= 0.3 is 23.9 Å². The Bertz CT molecular complexity index is 1420. The first-order chi connectivity index (χ1) is 20.3. The number of fused-ring (bicyclic) bond motifs is 1. The van der Waals surface area contributed by atoms with Crippen molar-refractivity contribution in [2.24, 2.45) is 4.99 Å². The summed E-state index contributed by atoms with van der Waals surface area (Å²) in [5.74, 6) is -4.27. The lowest BCUT2D eigenvalue weighted by molar-refractivity contribution is -0.184. The number of amides is 1. The second-order valence-electron chi connectivity index (χ2n) is 9.32. The number of esters is 4. The molecule has 2 heterocycles. The van der Waals surface area contributed by atoms with Crippen molar-refractivity contribution in [3.63, 3.8) is 0 Å². The van der Waals surface area contributed by atoms with Crippen LogP contribution in [0.3, 0.4) is 0 Å². The number of halogens is 1. The second-order valence-corrected chi connectivity index (χ2v) is 10.1. The van der Waals surface area contributed by atoms with E-state index in [9.17, 15) is 24.0 Å². The lowest BCUT2D eigenvalue weighted by Crippen LogP contribution is -2.49. The van der Waals surface area contributed by atoms with Crippen LogP contribution in [-0.2, 0) is 47.7 Å². The van der Waals surface area contributed by atoms with Crippen molar-refractivity contribution in [2.75, 3.05) is 25.1 Å². The highest BCUT2D eigenvalue weighted by atomic mass is 79.9. The monoisotopic (exact) mass is 665 g/mol. The van der Waals surface area contributed by atoms with Crippen molar-refractivity contribution >= 4 is 68.4 Å². The number of nitrogens with one attached hydrogen (secondary N) is 1. The van der Waals surface area contributed by atoms with Gasteiger partial charge in [0.1, 0.15) is 5.52 Å². The number of methoxy groups -OCH3 is 1. The molecule has 0 aliphatic carbocycles. The van der Waals surface area contributed by atoms with Gasteiger partial charge in [0.05, 0.1) is 22.2 Å². The van der Waals surface area contributed by atoms with Gasteiger partial charge in [-0.25, -0.2) is 24.1 Å². The van der Waals surface area contributed by atoms with Crippen molar-refractivity contribution in [2.45, 2.75) is 65.1 Å². The van der Waals surface area contributed by atoms with E-state index in [-0.39, 0.29) is 5.96 Å². The molecule has 1 aliphatic rings. The fourth-order valence-electron chi connectivity index (χ4n) is 3.59. The third kappa shape index (κ3) is 8.22. The van der Waals surface area contributed by atoms with Gasteiger partial charge in [-0.3, -0.25) is 19.8 Å². The van der Waals surface area contributed by atoms with Crippen LogP contribution in [0.25, 0.3) is 11.0 Å².